The second-order valence-electron chi connectivity index (χ2n) is 5.23. The van der Waals surface area contributed by atoms with Gasteiger partial charge in [0.05, 0.1) is 19.2 Å². The zero-order valence-electron chi connectivity index (χ0n) is 12.1. The summed E-state index contributed by atoms with van der Waals surface area (Å²) in [5, 5.41) is 1.72. The molecule has 1 aromatic carbocycles. The van der Waals surface area contributed by atoms with Crippen LogP contribution in [0.15, 0.2) is 24.3 Å². The van der Waals surface area contributed by atoms with Crippen LogP contribution >= 0.6 is 23.1 Å². The molecule has 21 heavy (non-hydrogen) atoms. The summed E-state index contributed by atoms with van der Waals surface area (Å²) in [5.41, 5.74) is 1.11. The Morgan fingerprint density at radius 1 is 1.48 bits per heavy atom. The Bertz CT molecular complexity index is 618. The molecule has 2 atom stereocenters. The molecule has 0 N–H and O–H groups in total. The first-order chi connectivity index (χ1) is 10.2. The van der Waals surface area contributed by atoms with E-state index < -0.39 is 0 Å². The van der Waals surface area contributed by atoms with Crippen LogP contribution in [0.3, 0.4) is 0 Å². The molecule has 0 aliphatic carbocycles. The fourth-order valence-corrected chi connectivity index (χ4v) is 3.50. The summed E-state index contributed by atoms with van der Waals surface area (Å²) in [6.07, 6.45) is 0.890. The number of hydrogen-bond donors (Lipinski definition) is 0. The molecule has 1 aliphatic rings. The van der Waals surface area contributed by atoms with Crippen LogP contribution in [0.2, 0.25) is 5.02 Å². The second-order valence-corrected chi connectivity index (χ2v) is 6.39. The normalized spacial score (nSPS) is 22.5. The predicted octanol–water partition coefficient (Wildman–Crippen LogP) is 3.72. The van der Waals surface area contributed by atoms with Gasteiger partial charge in [-0.25, -0.2) is 4.98 Å². The van der Waals surface area contributed by atoms with Crippen LogP contribution in [0, 0.1) is 0 Å². The number of aryl methyl sites for hydroxylation is 1. The second kappa shape index (κ2) is 6.30. The number of hydrogen-bond acceptors (Lipinski definition) is 5. The molecule has 2 heterocycles. The largest absolute Gasteiger partial charge is 0.370 e. The standard InChI is InChI=1S/C15H18ClN3OS/c1-3-14-17-15(21-18-14)19-8-13(20-9-10(19)2)11-5-4-6-12(16)7-11/h4-7,10,13H,3,8-9H2,1-2H3. The highest BCUT2D eigenvalue weighted by Gasteiger charge is 2.29. The van der Waals surface area contributed by atoms with Gasteiger partial charge in [0, 0.05) is 23.0 Å². The molecular formula is C15H18ClN3OS. The first-order valence-corrected chi connectivity index (χ1v) is 8.28. The van der Waals surface area contributed by atoms with Gasteiger partial charge in [0.2, 0.25) is 5.13 Å². The molecule has 112 valence electrons. The summed E-state index contributed by atoms with van der Waals surface area (Å²) in [7, 11) is 0. The molecule has 4 nitrogen and oxygen atoms in total. The summed E-state index contributed by atoms with van der Waals surface area (Å²) in [5.74, 6) is 0.910. The van der Waals surface area contributed by atoms with Gasteiger partial charge in [0.25, 0.3) is 0 Å². The summed E-state index contributed by atoms with van der Waals surface area (Å²) >= 11 is 7.55. The van der Waals surface area contributed by atoms with Crippen molar-refractivity contribution >= 4 is 28.3 Å². The fraction of sp³-hybridized carbons (Fsp3) is 0.467. The molecule has 0 amide bonds. The van der Waals surface area contributed by atoms with Crippen LogP contribution < -0.4 is 4.90 Å². The third-order valence-electron chi connectivity index (χ3n) is 3.67. The SMILES string of the molecule is CCc1nsc(N2CC(c3cccc(Cl)c3)OCC2C)n1. The van der Waals surface area contributed by atoms with E-state index in [0.29, 0.717) is 12.6 Å². The number of aromatic nitrogens is 2. The Kier molecular flexibility index (Phi) is 4.42. The zero-order valence-corrected chi connectivity index (χ0v) is 13.7. The van der Waals surface area contributed by atoms with E-state index in [-0.39, 0.29) is 6.10 Å². The van der Waals surface area contributed by atoms with E-state index in [1.807, 2.05) is 18.2 Å². The van der Waals surface area contributed by atoms with Gasteiger partial charge in [-0.2, -0.15) is 4.37 Å². The van der Waals surface area contributed by atoms with Crippen LogP contribution in [-0.2, 0) is 11.2 Å². The van der Waals surface area contributed by atoms with Crippen molar-refractivity contribution in [3.05, 3.63) is 40.7 Å². The van der Waals surface area contributed by atoms with Crippen LogP contribution in [0.4, 0.5) is 5.13 Å². The summed E-state index contributed by atoms with van der Waals surface area (Å²) in [4.78, 5) is 6.88. The average molecular weight is 324 g/mol. The van der Waals surface area contributed by atoms with E-state index in [4.69, 9.17) is 16.3 Å². The molecule has 0 spiro atoms. The van der Waals surface area contributed by atoms with Crippen molar-refractivity contribution < 1.29 is 4.74 Å². The topological polar surface area (TPSA) is 38.2 Å². The molecule has 3 rings (SSSR count). The van der Waals surface area contributed by atoms with Crippen LogP contribution in [0.5, 0.6) is 0 Å². The molecule has 1 aliphatic heterocycles. The predicted molar refractivity (Wildman–Crippen MR) is 86.2 cm³/mol. The Hall–Kier alpha value is -1.17. The molecule has 2 unspecified atom stereocenters. The number of nitrogens with zero attached hydrogens (tertiary/aromatic N) is 3. The highest BCUT2D eigenvalue weighted by atomic mass is 35.5. The molecular weight excluding hydrogens is 306 g/mol. The lowest BCUT2D eigenvalue weighted by molar-refractivity contribution is 0.0215. The third-order valence-corrected chi connectivity index (χ3v) is 4.70. The molecule has 0 saturated carbocycles. The molecule has 6 heteroatoms. The van der Waals surface area contributed by atoms with Crippen molar-refractivity contribution in [1.29, 1.82) is 0 Å². The van der Waals surface area contributed by atoms with E-state index in [9.17, 15) is 0 Å². The van der Waals surface area contributed by atoms with Gasteiger partial charge in [-0.3, -0.25) is 0 Å². The third kappa shape index (κ3) is 3.20. The van der Waals surface area contributed by atoms with Gasteiger partial charge >= 0.3 is 0 Å². The number of anilines is 1. The summed E-state index contributed by atoms with van der Waals surface area (Å²) in [6.45, 7) is 5.68. The quantitative estimate of drug-likeness (QED) is 0.863. The van der Waals surface area contributed by atoms with Crippen molar-refractivity contribution in [1.82, 2.24) is 9.36 Å². The maximum Gasteiger partial charge on any atom is 0.205 e. The van der Waals surface area contributed by atoms with E-state index in [1.165, 1.54) is 11.5 Å². The highest BCUT2D eigenvalue weighted by molar-refractivity contribution is 7.09. The zero-order chi connectivity index (χ0) is 14.8. The number of ether oxygens (including phenoxy) is 1. The minimum Gasteiger partial charge on any atom is -0.370 e. The Morgan fingerprint density at radius 2 is 2.33 bits per heavy atom. The molecule has 0 radical (unpaired) electrons. The van der Waals surface area contributed by atoms with E-state index in [1.54, 1.807) is 0 Å². The van der Waals surface area contributed by atoms with E-state index in [2.05, 4.69) is 34.2 Å². The van der Waals surface area contributed by atoms with E-state index >= 15 is 0 Å². The van der Waals surface area contributed by atoms with Crippen LogP contribution in [0.1, 0.15) is 31.3 Å². The smallest absolute Gasteiger partial charge is 0.205 e. The van der Waals surface area contributed by atoms with Gasteiger partial charge in [0.15, 0.2) is 0 Å². The van der Waals surface area contributed by atoms with Crippen LogP contribution in [-0.4, -0.2) is 28.6 Å². The average Bonchev–Trinajstić information content (AvgIpc) is 2.96. The van der Waals surface area contributed by atoms with Crippen molar-refractivity contribution in [2.75, 3.05) is 18.1 Å². The minimum absolute atomic E-state index is 0.0221. The monoisotopic (exact) mass is 323 g/mol. The Morgan fingerprint density at radius 3 is 3.05 bits per heavy atom. The van der Waals surface area contributed by atoms with Gasteiger partial charge in [-0.1, -0.05) is 30.7 Å². The first-order valence-electron chi connectivity index (χ1n) is 7.13. The lowest BCUT2D eigenvalue weighted by Crippen LogP contribution is -2.45. The van der Waals surface area contributed by atoms with Gasteiger partial charge in [-0.15, -0.1) is 0 Å². The lowest BCUT2D eigenvalue weighted by Gasteiger charge is -2.37. The number of halogens is 1. The first kappa shape index (κ1) is 14.8. The molecule has 0 bridgehead atoms. The molecule has 1 fully saturated rings. The highest BCUT2D eigenvalue weighted by Crippen LogP contribution is 2.30. The van der Waals surface area contributed by atoms with Crippen LogP contribution in [0.25, 0.3) is 0 Å². The van der Waals surface area contributed by atoms with Crippen molar-refractivity contribution in [2.45, 2.75) is 32.4 Å². The van der Waals surface area contributed by atoms with Gasteiger partial charge in [0.1, 0.15) is 11.9 Å². The Balaban J connectivity index is 1.81. The summed E-state index contributed by atoms with van der Waals surface area (Å²) < 4.78 is 10.4. The molecule has 1 saturated heterocycles. The maximum absolute atomic E-state index is 6.08. The number of morpholine rings is 1. The van der Waals surface area contributed by atoms with Crippen molar-refractivity contribution in [3.8, 4) is 0 Å². The van der Waals surface area contributed by atoms with E-state index in [0.717, 1.165) is 34.5 Å². The molecule has 2 aromatic rings. The number of rotatable bonds is 3. The Labute approximate surface area is 133 Å². The lowest BCUT2D eigenvalue weighted by atomic mass is 10.1. The summed E-state index contributed by atoms with van der Waals surface area (Å²) in [6, 6.07) is 8.18. The minimum atomic E-state index is 0.0221. The van der Waals surface area contributed by atoms with Crippen molar-refractivity contribution in [3.63, 3.8) is 0 Å². The maximum atomic E-state index is 6.08. The number of benzene rings is 1. The molecule has 1 aromatic heterocycles. The fourth-order valence-electron chi connectivity index (χ4n) is 2.44. The van der Waals surface area contributed by atoms with Gasteiger partial charge in [-0.05, 0) is 24.6 Å². The van der Waals surface area contributed by atoms with Gasteiger partial charge < -0.3 is 9.64 Å². The van der Waals surface area contributed by atoms with Crippen molar-refractivity contribution in [2.24, 2.45) is 0 Å².